The van der Waals surface area contributed by atoms with Crippen LogP contribution in [0.4, 0.5) is 0 Å². The standard InChI is InChI=1S/C25H30O4/c1-4-29-22(28)17-14-15-13-16(26)5-11-24(15,3)18-7-12-25-19(21(17)18)6-9-23(25,2)10-8-20(25)27/h6,14,17H,4-5,7-13H2,1-3H3/t17-,23+,24?,25?/m1/s1. The Morgan fingerprint density at radius 2 is 1.93 bits per heavy atom. The van der Waals surface area contributed by atoms with Crippen molar-refractivity contribution >= 4 is 17.5 Å². The van der Waals surface area contributed by atoms with E-state index in [-0.39, 0.29) is 22.6 Å². The zero-order chi connectivity index (χ0) is 20.6. The van der Waals surface area contributed by atoms with Gasteiger partial charge in [0, 0.05) is 24.7 Å². The van der Waals surface area contributed by atoms with Crippen LogP contribution in [0.25, 0.3) is 0 Å². The van der Waals surface area contributed by atoms with Crippen molar-refractivity contribution in [1.82, 2.24) is 0 Å². The number of hydrogen-bond acceptors (Lipinski definition) is 4. The van der Waals surface area contributed by atoms with Crippen molar-refractivity contribution in [3.05, 3.63) is 34.4 Å². The molecule has 2 saturated carbocycles. The highest BCUT2D eigenvalue weighted by Gasteiger charge is 2.65. The smallest absolute Gasteiger partial charge is 0.317 e. The summed E-state index contributed by atoms with van der Waals surface area (Å²) in [5, 5.41) is 0. The summed E-state index contributed by atoms with van der Waals surface area (Å²) in [7, 11) is 0. The predicted molar refractivity (Wildman–Crippen MR) is 109 cm³/mol. The molecule has 0 aromatic heterocycles. The number of hydrogen-bond donors (Lipinski definition) is 0. The van der Waals surface area contributed by atoms with Gasteiger partial charge in [-0.25, -0.2) is 0 Å². The number of fused-ring (bicyclic) bond motifs is 3. The Morgan fingerprint density at radius 3 is 2.69 bits per heavy atom. The Kier molecular flexibility index (Phi) is 3.95. The number of carbonyl (C=O) groups is 3. The van der Waals surface area contributed by atoms with Crippen LogP contribution >= 0.6 is 0 Å². The van der Waals surface area contributed by atoms with Crippen LogP contribution in [0.2, 0.25) is 0 Å². The lowest BCUT2D eigenvalue weighted by atomic mass is 9.51. The summed E-state index contributed by atoms with van der Waals surface area (Å²) in [6, 6.07) is 0. The van der Waals surface area contributed by atoms with Crippen molar-refractivity contribution in [3.8, 4) is 0 Å². The molecule has 0 heterocycles. The molecule has 5 aliphatic carbocycles. The van der Waals surface area contributed by atoms with Crippen LogP contribution in [0.1, 0.15) is 72.1 Å². The molecule has 154 valence electrons. The highest BCUT2D eigenvalue weighted by molar-refractivity contribution is 5.96. The molecular formula is C25H30O4. The molecule has 4 heteroatoms. The summed E-state index contributed by atoms with van der Waals surface area (Å²) in [6.45, 7) is 6.66. The lowest BCUT2D eigenvalue weighted by Crippen LogP contribution is -2.46. The van der Waals surface area contributed by atoms with Crippen molar-refractivity contribution in [3.63, 3.8) is 0 Å². The molecule has 2 unspecified atom stereocenters. The van der Waals surface area contributed by atoms with Crippen LogP contribution in [-0.4, -0.2) is 24.1 Å². The van der Waals surface area contributed by atoms with Gasteiger partial charge in [0.2, 0.25) is 0 Å². The van der Waals surface area contributed by atoms with Gasteiger partial charge >= 0.3 is 5.97 Å². The first-order valence-electron chi connectivity index (χ1n) is 11.1. The minimum atomic E-state index is -0.488. The third-order valence-electron chi connectivity index (χ3n) is 8.88. The van der Waals surface area contributed by atoms with Crippen molar-refractivity contribution in [2.24, 2.45) is 22.2 Å². The second-order valence-electron chi connectivity index (χ2n) is 10.1. The fourth-order valence-electron chi connectivity index (χ4n) is 7.20. The molecule has 4 nitrogen and oxygen atoms in total. The van der Waals surface area contributed by atoms with Gasteiger partial charge in [-0.3, -0.25) is 14.4 Å². The SMILES string of the molecule is CCOC(=O)[C@@H]1C=C2CC(=O)CCC2(C)C2=C1C1=CC[C@@]3(C)CCC(=O)C13CC2. The van der Waals surface area contributed by atoms with Crippen LogP contribution in [0.3, 0.4) is 0 Å². The molecule has 0 aromatic carbocycles. The number of Topliss-reactive ketones (excluding diaryl/α,β-unsaturated/α-hetero) is 2. The molecule has 0 N–H and O–H groups in total. The van der Waals surface area contributed by atoms with E-state index in [9.17, 15) is 14.4 Å². The van der Waals surface area contributed by atoms with E-state index in [0.717, 1.165) is 48.8 Å². The fraction of sp³-hybridized carbons (Fsp3) is 0.640. The topological polar surface area (TPSA) is 60.4 Å². The van der Waals surface area contributed by atoms with Gasteiger partial charge in [-0.05, 0) is 55.6 Å². The van der Waals surface area contributed by atoms with Crippen molar-refractivity contribution in [2.45, 2.75) is 72.1 Å². The first-order chi connectivity index (χ1) is 13.8. The van der Waals surface area contributed by atoms with Crippen molar-refractivity contribution < 1.29 is 19.1 Å². The molecule has 0 bridgehead atoms. The molecule has 1 spiro atoms. The summed E-state index contributed by atoms with van der Waals surface area (Å²) in [5.74, 6) is -0.120. The van der Waals surface area contributed by atoms with Gasteiger partial charge in [0.25, 0.3) is 0 Å². The van der Waals surface area contributed by atoms with Gasteiger partial charge in [0.05, 0.1) is 12.0 Å². The van der Waals surface area contributed by atoms with Crippen molar-refractivity contribution in [1.29, 1.82) is 0 Å². The van der Waals surface area contributed by atoms with Crippen LogP contribution in [0.15, 0.2) is 34.4 Å². The van der Waals surface area contributed by atoms with Crippen LogP contribution in [0.5, 0.6) is 0 Å². The molecule has 0 amide bonds. The third-order valence-corrected chi connectivity index (χ3v) is 8.88. The number of allylic oxidation sites excluding steroid dienone is 4. The van der Waals surface area contributed by atoms with E-state index in [4.69, 9.17) is 4.74 Å². The molecule has 0 aliphatic heterocycles. The highest BCUT2D eigenvalue weighted by Crippen LogP contribution is 2.70. The number of ketones is 2. The second-order valence-corrected chi connectivity index (χ2v) is 10.1. The van der Waals surface area contributed by atoms with E-state index in [1.54, 1.807) is 0 Å². The molecule has 0 radical (unpaired) electrons. The normalized spacial score (nSPS) is 40.6. The minimum Gasteiger partial charge on any atom is -0.465 e. The lowest BCUT2D eigenvalue weighted by Gasteiger charge is -2.51. The average Bonchev–Trinajstić information content (AvgIpc) is 3.12. The Balaban J connectivity index is 1.70. The number of ether oxygens (including phenoxy) is 1. The molecule has 5 aliphatic rings. The maximum absolute atomic E-state index is 13.3. The molecule has 0 aromatic rings. The maximum Gasteiger partial charge on any atom is 0.317 e. The number of rotatable bonds is 2. The van der Waals surface area contributed by atoms with Gasteiger partial charge in [-0.15, -0.1) is 0 Å². The zero-order valence-corrected chi connectivity index (χ0v) is 17.7. The molecule has 29 heavy (non-hydrogen) atoms. The van der Waals surface area contributed by atoms with E-state index < -0.39 is 11.3 Å². The summed E-state index contributed by atoms with van der Waals surface area (Å²) in [6.07, 6.45) is 10.3. The van der Waals surface area contributed by atoms with E-state index in [0.29, 0.717) is 31.7 Å². The maximum atomic E-state index is 13.3. The molecule has 4 atom stereocenters. The van der Waals surface area contributed by atoms with Gasteiger partial charge in [-0.1, -0.05) is 37.1 Å². The van der Waals surface area contributed by atoms with E-state index in [1.165, 1.54) is 5.57 Å². The molecule has 5 rings (SSSR count). The largest absolute Gasteiger partial charge is 0.465 e. The number of esters is 1. The van der Waals surface area contributed by atoms with E-state index >= 15 is 0 Å². The Bertz CT molecular complexity index is 934. The summed E-state index contributed by atoms with van der Waals surface area (Å²) in [5.41, 5.74) is 3.94. The van der Waals surface area contributed by atoms with Gasteiger partial charge in [-0.2, -0.15) is 0 Å². The quantitative estimate of drug-likeness (QED) is 0.506. The van der Waals surface area contributed by atoms with Gasteiger partial charge in [0.1, 0.15) is 17.5 Å². The Morgan fingerprint density at radius 1 is 1.14 bits per heavy atom. The zero-order valence-electron chi connectivity index (χ0n) is 17.7. The molecular weight excluding hydrogens is 364 g/mol. The average molecular weight is 395 g/mol. The Labute approximate surface area is 172 Å². The summed E-state index contributed by atoms with van der Waals surface area (Å²) >= 11 is 0. The minimum absolute atomic E-state index is 0.0232. The van der Waals surface area contributed by atoms with E-state index in [1.807, 2.05) is 13.0 Å². The summed E-state index contributed by atoms with van der Waals surface area (Å²) < 4.78 is 5.46. The van der Waals surface area contributed by atoms with Gasteiger partial charge in [0.15, 0.2) is 0 Å². The lowest BCUT2D eigenvalue weighted by molar-refractivity contribution is -0.145. The Hall–Kier alpha value is -1.97. The second kappa shape index (κ2) is 6.02. The molecule has 2 fully saturated rings. The van der Waals surface area contributed by atoms with Crippen LogP contribution in [0, 0.1) is 22.2 Å². The van der Waals surface area contributed by atoms with E-state index in [2.05, 4.69) is 19.9 Å². The number of carbonyl (C=O) groups excluding carboxylic acids is 3. The highest BCUT2D eigenvalue weighted by atomic mass is 16.5. The van der Waals surface area contributed by atoms with Crippen LogP contribution < -0.4 is 0 Å². The first-order valence-corrected chi connectivity index (χ1v) is 11.1. The van der Waals surface area contributed by atoms with Crippen molar-refractivity contribution in [2.75, 3.05) is 6.61 Å². The summed E-state index contributed by atoms with van der Waals surface area (Å²) in [4.78, 5) is 38.5. The monoisotopic (exact) mass is 394 g/mol. The fourth-order valence-corrected chi connectivity index (χ4v) is 7.20. The predicted octanol–water partition coefficient (Wildman–Crippen LogP) is 4.64. The third kappa shape index (κ3) is 2.23. The van der Waals surface area contributed by atoms with Gasteiger partial charge < -0.3 is 4.74 Å². The van der Waals surface area contributed by atoms with Crippen LogP contribution in [-0.2, 0) is 19.1 Å². The molecule has 0 saturated heterocycles. The first kappa shape index (κ1) is 19.0.